The number of piperidine rings is 1. The number of rotatable bonds is 3. The highest BCUT2D eigenvalue weighted by molar-refractivity contribution is 5.72. The van der Waals surface area contributed by atoms with Crippen molar-refractivity contribution in [3.05, 3.63) is 35.9 Å². The van der Waals surface area contributed by atoms with Gasteiger partial charge in [-0.05, 0) is 43.2 Å². The summed E-state index contributed by atoms with van der Waals surface area (Å²) in [5, 5.41) is 10.4. The van der Waals surface area contributed by atoms with Crippen LogP contribution in [0.4, 0.5) is 0 Å². The van der Waals surface area contributed by atoms with E-state index in [0.717, 1.165) is 25.9 Å². The van der Waals surface area contributed by atoms with E-state index in [9.17, 15) is 9.90 Å². The van der Waals surface area contributed by atoms with Crippen LogP contribution in [0.3, 0.4) is 0 Å². The Kier molecular flexibility index (Phi) is 5.02. The molecule has 0 bridgehead atoms. The van der Waals surface area contributed by atoms with Crippen LogP contribution in [-0.2, 0) is 9.53 Å². The summed E-state index contributed by atoms with van der Waals surface area (Å²) in [7, 11) is 1.43. The number of aliphatic hydroxyl groups excluding tert-OH is 1. The number of esters is 1. The average molecular weight is 317 g/mol. The topological polar surface area (TPSA) is 49.8 Å². The van der Waals surface area contributed by atoms with Gasteiger partial charge in [0.2, 0.25) is 0 Å². The van der Waals surface area contributed by atoms with Crippen molar-refractivity contribution in [2.75, 3.05) is 20.2 Å². The standard InChI is InChI=1S/C19H27NO3/c1-13-12-20(9-8-16(13)14-6-4-3-5-7-14)17-10-15(11-18(17)21)19(22)23-2/h3-7,13,15-18,21H,8-12H2,1-2H3/t13-,15+,16-,17-,18+/m1/s1. The molecule has 23 heavy (non-hydrogen) atoms. The van der Waals surface area contributed by atoms with E-state index in [4.69, 9.17) is 4.74 Å². The maximum Gasteiger partial charge on any atom is 0.308 e. The molecule has 4 heteroatoms. The zero-order valence-corrected chi connectivity index (χ0v) is 14.0. The summed E-state index contributed by atoms with van der Waals surface area (Å²) in [6.45, 7) is 4.26. The number of benzene rings is 1. The van der Waals surface area contributed by atoms with Crippen molar-refractivity contribution in [1.29, 1.82) is 0 Å². The van der Waals surface area contributed by atoms with Gasteiger partial charge in [0.1, 0.15) is 0 Å². The van der Waals surface area contributed by atoms with Gasteiger partial charge in [0.25, 0.3) is 0 Å². The van der Waals surface area contributed by atoms with E-state index in [1.165, 1.54) is 12.7 Å². The summed E-state index contributed by atoms with van der Waals surface area (Å²) in [5.74, 6) is 0.804. The van der Waals surface area contributed by atoms with Crippen molar-refractivity contribution in [2.45, 2.75) is 44.2 Å². The van der Waals surface area contributed by atoms with Crippen molar-refractivity contribution in [1.82, 2.24) is 4.90 Å². The van der Waals surface area contributed by atoms with E-state index in [1.807, 2.05) is 0 Å². The minimum absolute atomic E-state index is 0.0956. The van der Waals surface area contributed by atoms with Crippen LogP contribution in [0.5, 0.6) is 0 Å². The molecule has 0 amide bonds. The van der Waals surface area contributed by atoms with Crippen LogP contribution in [0.15, 0.2) is 30.3 Å². The van der Waals surface area contributed by atoms with Gasteiger partial charge in [-0.3, -0.25) is 9.69 Å². The fourth-order valence-electron chi connectivity index (χ4n) is 4.42. The number of hydrogen-bond donors (Lipinski definition) is 1. The largest absolute Gasteiger partial charge is 0.469 e. The molecular weight excluding hydrogens is 290 g/mol. The minimum Gasteiger partial charge on any atom is -0.469 e. The molecule has 2 fully saturated rings. The molecule has 1 saturated carbocycles. The second kappa shape index (κ2) is 7.02. The third-order valence-corrected chi connectivity index (χ3v) is 5.66. The Morgan fingerprint density at radius 3 is 2.65 bits per heavy atom. The number of carbonyl (C=O) groups excluding carboxylic acids is 1. The molecule has 4 nitrogen and oxygen atoms in total. The number of likely N-dealkylation sites (tertiary alicyclic amines) is 1. The van der Waals surface area contributed by atoms with Crippen molar-refractivity contribution in [2.24, 2.45) is 11.8 Å². The van der Waals surface area contributed by atoms with E-state index < -0.39 is 6.10 Å². The number of hydrogen-bond acceptors (Lipinski definition) is 4. The Labute approximate surface area is 138 Å². The lowest BCUT2D eigenvalue weighted by Crippen LogP contribution is -2.47. The second-order valence-electron chi connectivity index (χ2n) is 7.10. The third kappa shape index (κ3) is 3.43. The highest BCUT2D eigenvalue weighted by Gasteiger charge is 2.42. The second-order valence-corrected chi connectivity index (χ2v) is 7.10. The smallest absolute Gasteiger partial charge is 0.308 e. The minimum atomic E-state index is -0.417. The molecule has 0 radical (unpaired) electrons. The Balaban J connectivity index is 1.63. The van der Waals surface area contributed by atoms with Gasteiger partial charge in [-0.2, -0.15) is 0 Å². The highest BCUT2D eigenvalue weighted by atomic mass is 16.5. The summed E-state index contributed by atoms with van der Waals surface area (Å²) in [6.07, 6.45) is 1.94. The zero-order chi connectivity index (χ0) is 16.4. The van der Waals surface area contributed by atoms with Gasteiger partial charge in [-0.1, -0.05) is 37.3 Å². The number of carbonyl (C=O) groups is 1. The molecule has 1 aromatic rings. The summed E-state index contributed by atoms with van der Waals surface area (Å²) < 4.78 is 4.85. The van der Waals surface area contributed by atoms with Crippen LogP contribution >= 0.6 is 0 Å². The molecule has 5 atom stereocenters. The molecular formula is C19H27NO3. The lowest BCUT2D eigenvalue weighted by atomic mass is 9.81. The monoisotopic (exact) mass is 317 g/mol. The number of methoxy groups -OCH3 is 1. The van der Waals surface area contributed by atoms with Crippen molar-refractivity contribution in [3.8, 4) is 0 Å². The van der Waals surface area contributed by atoms with E-state index >= 15 is 0 Å². The Hall–Kier alpha value is -1.39. The molecule has 1 aromatic carbocycles. The van der Waals surface area contributed by atoms with Crippen LogP contribution < -0.4 is 0 Å². The molecule has 0 aromatic heterocycles. The van der Waals surface area contributed by atoms with E-state index in [2.05, 4.69) is 42.2 Å². The van der Waals surface area contributed by atoms with Gasteiger partial charge in [0, 0.05) is 12.6 Å². The Bertz CT molecular complexity index is 533. The predicted molar refractivity (Wildman–Crippen MR) is 89.1 cm³/mol. The molecule has 2 aliphatic rings. The first-order valence-corrected chi connectivity index (χ1v) is 8.65. The van der Waals surface area contributed by atoms with Crippen LogP contribution in [0.1, 0.15) is 37.7 Å². The van der Waals surface area contributed by atoms with Crippen LogP contribution in [0.2, 0.25) is 0 Å². The maximum atomic E-state index is 11.7. The quantitative estimate of drug-likeness (QED) is 0.870. The lowest BCUT2D eigenvalue weighted by molar-refractivity contribution is -0.145. The highest BCUT2D eigenvalue weighted by Crippen LogP contribution is 2.37. The SMILES string of the molecule is COC(=O)[C@H]1C[C@@H](N2CC[C@@H](c3ccccc3)[C@H](C)C2)[C@@H](O)C1. The zero-order valence-electron chi connectivity index (χ0n) is 14.0. The average Bonchev–Trinajstić information content (AvgIpc) is 2.96. The van der Waals surface area contributed by atoms with Gasteiger partial charge in [-0.25, -0.2) is 0 Å². The molecule has 1 aliphatic heterocycles. The van der Waals surface area contributed by atoms with E-state index in [-0.39, 0.29) is 17.9 Å². The lowest BCUT2D eigenvalue weighted by Gasteiger charge is -2.41. The van der Waals surface area contributed by atoms with Crippen molar-refractivity contribution in [3.63, 3.8) is 0 Å². The third-order valence-electron chi connectivity index (χ3n) is 5.66. The summed E-state index contributed by atoms with van der Waals surface area (Å²) in [6, 6.07) is 10.8. The fraction of sp³-hybridized carbons (Fsp3) is 0.632. The molecule has 3 rings (SSSR count). The Morgan fingerprint density at radius 1 is 1.26 bits per heavy atom. The van der Waals surface area contributed by atoms with Crippen LogP contribution in [0.25, 0.3) is 0 Å². The molecule has 1 heterocycles. The first-order chi connectivity index (χ1) is 11.1. The maximum absolute atomic E-state index is 11.7. The van der Waals surface area contributed by atoms with Gasteiger partial charge < -0.3 is 9.84 Å². The van der Waals surface area contributed by atoms with Crippen LogP contribution in [-0.4, -0.2) is 48.3 Å². The van der Waals surface area contributed by atoms with Gasteiger partial charge in [0.15, 0.2) is 0 Å². The predicted octanol–water partition coefficient (Wildman–Crippen LogP) is 2.42. The fourth-order valence-corrected chi connectivity index (χ4v) is 4.42. The number of nitrogens with zero attached hydrogens (tertiary/aromatic N) is 1. The number of ether oxygens (including phenoxy) is 1. The van der Waals surface area contributed by atoms with Crippen molar-refractivity contribution < 1.29 is 14.6 Å². The first-order valence-electron chi connectivity index (χ1n) is 8.65. The summed E-state index contributed by atoms with van der Waals surface area (Å²) >= 11 is 0. The van der Waals surface area contributed by atoms with E-state index in [0.29, 0.717) is 18.3 Å². The van der Waals surface area contributed by atoms with Gasteiger partial charge in [-0.15, -0.1) is 0 Å². The van der Waals surface area contributed by atoms with Crippen LogP contribution in [0, 0.1) is 11.8 Å². The molecule has 0 unspecified atom stereocenters. The molecule has 1 saturated heterocycles. The normalized spacial score (nSPS) is 35.2. The summed E-state index contributed by atoms with van der Waals surface area (Å²) in [5.41, 5.74) is 1.42. The van der Waals surface area contributed by atoms with Gasteiger partial charge in [0.05, 0.1) is 19.1 Å². The van der Waals surface area contributed by atoms with Crippen molar-refractivity contribution >= 4 is 5.97 Å². The Morgan fingerprint density at radius 2 is 2.00 bits per heavy atom. The van der Waals surface area contributed by atoms with E-state index in [1.54, 1.807) is 0 Å². The number of aliphatic hydroxyl groups is 1. The molecule has 126 valence electrons. The molecule has 1 aliphatic carbocycles. The molecule has 1 N–H and O–H groups in total. The van der Waals surface area contributed by atoms with Gasteiger partial charge >= 0.3 is 5.97 Å². The summed E-state index contributed by atoms with van der Waals surface area (Å²) in [4.78, 5) is 14.1. The molecule has 0 spiro atoms. The first kappa shape index (κ1) is 16.5.